The highest BCUT2D eigenvalue weighted by atomic mass is 32.1. The number of rotatable bonds is 4. The number of para-hydroxylation sites is 3. The van der Waals surface area contributed by atoms with Crippen molar-refractivity contribution in [2.45, 2.75) is 6.92 Å². The van der Waals surface area contributed by atoms with Gasteiger partial charge in [-0.2, -0.15) is 0 Å². The lowest BCUT2D eigenvalue weighted by molar-refractivity contribution is -0.383. The summed E-state index contributed by atoms with van der Waals surface area (Å²) in [6.07, 6.45) is 0. The molecule has 3 aromatic rings. The molecule has 0 aliphatic carbocycles. The normalized spacial score (nSPS) is 10.4. The summed E-state index contributed by atoms with van der Waals surface area (Å²) in [6.45, 7) is 1.79. The molecule has 0 aliphatic heterocycles. The molecule has 0 saturated heterocycles. The number of hydrogen-bond acceptors (Lipinski definition) is 4. The number of nitrogens with zero attached hydrogens (tertiary/aromatic N) is 3. The van der Waals surface area contributed by atoms with Crippen molar-refractivity contribution in [3.05, 3.63) is 80.8 Å². The smallest absolute Gasteiger partial charge is 0.295 e. The summed E-state index contributed by atoms with van der Waals surface area (Å²) in [5.74, 6) is 0. The fraction of sp³-hybridized carbons (Fsp3) is 0.111. The Hall–Kier alpha value is -3.46. The first-order valence-corrected chi connectivity index (χ1v) is 8.46. The second kappa shape index (κ2) is 7.42. The number of nitrogens with one attached hydrogen (secondary N) is 2. The van der Waals surface area contributed by atoms with Gasteiger partial charge in [-0.1, -0.05) is 30.3 Å². The van der Waals surface area contributed by atoms with Crippen LogP contribution in [0.1, 0.15) is 5.69 Å². The van der Waals surface area contributed by atoms with Gasteiger partial charge in [-0.05, 0) is 37.3 Å². The van der Waals surface area contributed by atoms with Gasteiger partial charge in [-0.3, -0.25) is 19.6 Å². The van der Waals surface area contributed by atoms with Crippen LogP contribution in [0.25, 0.3) is 5.69 Å². The third kappa shape index (κ3) is 3.58. The van der Waals surface area contributed by atoms with Crippen molar-refractivity contribution in [1.29, 1.82) is 0 Å². The molecule has 138 valence electrons. The van der Waals surface area contributed by atoms with E-state index in [1.54, 1.807) is 36.9 Å². The molecule has 0 bridgehead atoms. The van der Waals surface area contributed by atoms with Gasteiger partial charge < -0.3 is 10.6 Å². The molecule has 0 radical (unpaired) electrons. The number of hydrogen-bond donors (Lipinski definition) is 2. The number of thiocarbonyl (C=S) groups is 1. The van der Waals surface area contributed by atoms with Gasteiger partial charge in [-0.15, -0.1) is 0 Å². The zero-order valence-corrected chi connectivity index (χ0v) is 15.5. The minimum Gasteiger partial charge on any atom is -0.327 e. The van der Waals surface area contributed by atoms with Crippen LogP contribution in [0.3, 0.4) is 0 Å². The van der Waals surface area contributed by atoms with Gasteiger partial charge in [0.1, 0.15) is 11.4 Å². The Morgan fingerprint density at radius 3 is 2.37 bits per heavy atom. The van der Waals surface area contributed by atoms with E-state index in [9.17, 15) is 14.9 Å². The highest BCUT2D eigenvalue weighted by Crippen LogP contribution is 2.23. The Kier molecular flexibility index (Phi) is 5.04. The maximum absolute atomic E-state index is 12.9. The molecule has 27 heavy (non-hydrogen) atoms. The number of anilines is 2. The van der Waals surface area contributed by atoms with Crippen molar-refractivity contribution in [2.75, 3.05) is 10.6 Å². The van der Waals surface area contributed by atoms with Gasteiger partial charge in [0.15, 0.2) is 5.11 Å². The van der Waals surface area contributed by atoms with E-state index in [1.807, 2.05) is 30.3 Å². The molecule has 2 N–H and O–H groups in total. The Morgan fingerprint density at radius 1 is 1.07 bits per heavy atom. The number of nitro benzene ring substituents is 1. The molecule has 0 unspecified atom stereocenters. The molecule has 0 spiro atoms. The van der Waals surface area contributed by atoms with Crippen molar-refractivity contribution in [3.8, 4) is 5.69 Å². The van der Waals surface area contributed by atoms with Gasteiger partial charge in [0, 0.05) is 13.1 Å². The summed E-state index contributed by atoms with van der Waals surface area (Å²) in [5, 5.41) is 16.9. The molecule has 3 rings (SSSR count). The van der Waals surface area contributed by atoms with Crippen molar-refractivity contribution in [1.82, 2.24) is 9.36 Å². The molecular weight excluding hydrogens is 366 g/mol. The summed E-state index contributed by atoms with van der Waals surface area (Å²) in [7, 11) is 1.77. The van der Waals surface area contributed by atoms with E-state index in [0.29, 0.717) is 11.4 Å². The van der Waals surface area contributed by atoms with E-state index in [4.69, 9.17) is 12.2 Å². The van der Waals surface area contributed by atoms with Crippen LogP contribution in [0, 0.1) is 17.0 Å². The lowest BCUT2D eigenvalue weighted by atomic mass is 10.3. The van der Waals surface area contributed by atoms with Crippen LogP contribution in [0.2, 0.25) is 0 Å². The van der Waals surface area contributed by atoms with E-state index in [2.05, 4.69) is 10.6 Å². The second-order valence-electron chi connectivity index (χ2n) is 5.79. The molecule has 1 aromatic heterocycles. The Balaban J connectivity index is 1.90. The summed E-state index contributed by atoms with van der Waals surface area (Å²) >= 11 is 5.25. The summed E-state index contributed by atoms with van der Waals surface area (Å²) < 4.78 is 3.23. The summed E-state index contributed by atoms with van der Waals surface area (Å²) in [6, 6.07) is 15.4. The molecule has 0 saturated carbocycles. The number of benzene rings is 2. The Labute approximate surface area is 160 Å². The first-order valence-electron chi connectivity index (χ1n) is 8.05. The third-order valence-corrected chi connectivity index (χ3v) is 4.35. The van der Waals surface area contributed by atoms with Gasteiger partial charge >= 0.3 is 0 Å². The molecule has 9 heteroatoms. The van der Waals surface area contributed by atoms with E-state index >= 15 is 0 Å². The highest BCUT2D eigenvalue weighted by Gasteiger charge is 2.18. The zero-order chi connectivity index (χ0) is 19.6. The van der Waals surface area contributed by atoms with Gasteiger partial charge in [-0.25, -0.2) is 4.68 Å². The van der Waals surface area contributed by atoms with Crippen molar-refractivity contribution < 1.29 is 4.92 Å². The van der Waals surface area contributed by atoms with E-state index in [0.717, 1.165) is 5.69 Å². The van der Waals surface area contributed by atoms with Crippen LogP contribution in [-0.4, -0.2) is 19.4 Å². The lowest BCUT2D eigenvalue weighted by Gasteiger charge is -2.09. The van der Waals surface area contributed by atoms with E-state index in [1.165, 1.54) is 10.7 Å². The van der Waals surface area contributed by atoms with Crippen molar-refractivity contribution in [3.63, 3.8) is 0 Å². The van der Waals surface area contributed by atoms with Crippen LogP contribution in [0.4, 0.5) is 17.1 Å². The molecule has 0 fully saturated rings. The van der Waals surface area contributed by atoms with Crippen molar-refractivity contribution in [2.24, 2.45) is 7.05 Å². The molecule has 1 heterocycles. The first-order chi connectivity index (χ1) is 12.9. The molecule has 0 aliphatic rings. The van der Waals surface area contributed by atoms with Crippen LogP contribution in [0.5, 0.6) is 0 Å². The maximum atomic E-state index is 12.9. The Bertz CT molecular complexity index is 1070. The topological polar surface area (TPSA) is 94.1 Å². The van der Waals surface area contributed by atoms with Crippen molar-refractivity contribution >= 4 is 34.4 Å². The molecule has 8 nitrogen and oxygen atoms in total. The van der Waals surface area contributed by atoms with Crippen LogP contribution in [-0.2, 0) is 7.05 Å². The van der Waals surface area contributed by atoms with E-state index in [-0.39, 0.29) is 22.0 Å². The van der Waals surface area contributed by atoms with Gasteiger partial charge in [0.05, 0.1) is 16.3 Å². The van der Waals surface area contributed by atoms with Crippen LogP contribution >= 0.6 is 12.2 Å². The largest absolute Gasteiger partial charge is 0.327 e. The minimum absolute atomic E-state index is 0.0929. The first kappa shape index (κ1) is 18.3. The zero-order valence-electron chi connectivity index (χ0n) is 14.7. The quantitative estimate of drug-likeness (QED) is 0.408. The highest BCUT2D eigenvalue weighted by molar-refractivity contribution is 7.80. The number of aromatic nitrogens is 2. The number of nitro groups is 1. The molecule has 0 amide bonds. The predicted molar refractivity (Wildman–Crippen MR) is 109 cm³/mol. The van der Waals surface area contributed by atoms with Gasteiger partial charge in [0.2, 0.25) is 0 Å². The average molecular weight is 383 g/mol. The minimum atomic E-state index is -0.499. The van der Waals surface area contributed by atoms with Gasteiger partial charge in [0.25, 0.3) is 11.2 Å². The standard InChI is InChI=1S/C18H17N5O3S/c1-12-16(17(24)22(21(12)2)13-8-4-3-5-9-13)20-18(27)19-14-10-6-7-11-15(14)23(25)26/h3-11H,1-2H3,(H2,19,20,27). The fourth-order valence-corrected chi connectivity index (χ4v) is 2.93. The summed E-state index contributed by atoms with van der Waals surface area (Å²) in [5.41, 5.74) is 1.57. The lowest BCUT2D eigenvalue weighted by Crippen LogP contribution is -2.25. The maximum Gasteiger partial charge on any atom is 0.295 e. The SMILES string of the molecule is Cc1c(NC(=S)Nc2ccccc2[N+](=O)[O-])c(=O)n(-c2ccccc2)n1C. The fourth-order valence-electron chi connectivity index (χ4n) is 2.72. The molecule has 2 aromatic carbocycles. The van der Waals surface area contributed by atoms with Crippen LogP contribution < -0.4 is 16.2 Å². The second-order valence-corrected chi connectivity index (χ2v) is 6.20. The van der Waals surface area contributed by atoms with E-state index < -0.39 is 4.92 Å². The third-order valence-electron chi connectivity index (χ3n) is 4.14. The monoisotopic (exact) mass is 383 g/mol. The van der Waals surface area contributed by atoms with Crippen LogP contribution in [0.15, 0.2) is 59.4 Å². The molecular formula is C18H17N5O3S. The summed E-state index contributed by atoms with van der Waals surface area (Å²) in [4.78, 5) is 23.5. The predicted octanol–water partition coefficient (Wildman–Crippen LogP) is 3.20. The average Bonchev–Trinajstić information content (AvgIpc) is 2.86. The Morgan fingerprint density at radius 2 is 1.70 bits per heavy atom. The molecule has 0 atom stereocenters.